The zero-order valence-electron chi connectivity index (χ0n) is 19.9. The molecule has 2 aliphatic heterocycles. The lowest BCUT2D eigenvalue weighted by Crippen LogP contribution is -2.56. The van der Waals surface area contributed by atoms with Crippen LogP contribution < -0.4 is 5.32 Å². The van der Waals surface area contributed by atoms with Gasteiger partial charge in [0.15, 0.2) is 0 Å². The van der Waals surface area contributed by atoms with Crippen LogP contribution in [0.25, 0.3) is 10.9 Å². The van der Waals surface area contributed by atoms with Crippen molar-refractivity contribution in [3.8, 4) is 0 Å². The van der Waals surface area contributed by atoms with E-state index in [1.807, 2.05) is 6.07 Å². The van der Waals surface area contributed by atoms with E-state index >= 15 is 0 Å². The molecule has 6 radical (unpaired) electrons. The van der Waals surface area contributed by atoms with E-state index in [-0.39, 0.29) is 5.54 Å². The lowest BCUT2D eigenvalue weighted by Gasteiger charge is -2.43. The SMILES string of the molecule is [B]C([B])([B])n1ncc(Nc2ncc3cc(Cl)c(C4CCN([C@]5(C)COC[C@@H]5O)CC4)cc3n2)c1C. The molecule has 3 aromatic rings. The van der Waals surface area contributed by atoms with E-state index in [0.717, 1.165) is 47.4 Å². The summed E-state index contributed by atoms with van der Waals surface area (Å²) in [6.45, 7) is 6.60. The molecule has 12 heteroatoms. The molecule has 8 nitrogen and oxygen atoms in total. The summed E-state index contributed by atoms with van der Waals surface area (Å²) in [5.41, 5.74) is 2.88. The van der Waals surface area contributed by atoms with Crippen LogP contribution in [-0.2, 0) is 9.97 Å². The minimum Gasteiger partial charge on any atom is -0.389 e. The number of hydrogen-bond donors (Lipinski definition) is 2. The molecule has 176 valence electrons. The first-order valence-corrected chi connectivity index (χ1v) is 12.1. The van der Waals surface area contributed by atoms with Crippen molar-refractivity contribution < 1.29 is 9.84 Å². The van der Waals surface area contributed by atoms with Gasteiger partial charge in [0.1, 0.15) is 0 Å². The quantitative estimate of drug-likeness (QED) is 0.533. The van der Waals surface area contributed by atoms with Crippen LogP contribution in [0, 0.1) is 6.92 Å². The molecule has 0 bridgehead atoms. The Kier molecular flexibility index (Phi) is 6.41. The van der Waals surface area contributed by atoms with E-state index in [1.165, 1.54) is 4.68 Å². The van der Waals surface area contributed by atoms with Gasteiger partial charge >= 0.3 is 0 Å². The van der Waals surface area contributed by atoms with Crippen molar-refractivity contribution in [1.29, 1.82) is 0 Å². The van der Waals surface area contributed by atoms with Crippen molar-refractivity contribution in [3.05, 3.63) is 40.8 Å². The summed E-state index contributed by atoms with van der Waals surface area (Å²) in [5.74, 6) is 0.730. The van der Waals surface area contributed by atoms with Crippen LogP contribution in [0.3, 0.4) is 0 Å². The lowest BCUT2D eigenvalue weighted by atomic mass is 9.49. The number of aromatic nitrogens is 4. The first-order valence-electron chi connectivity index (χ1n) is 11.7. The van der Waals surface area contributed by atoms with Crippen LogP contribution in [0.2, 0.25) is 5.02 Å². The van der Waals surface area contributed by atoms with Gasteiger partial charge in [0.2, 0.25) is 5.95 Å². The molecule has 2 aliphatic rings. The molecule has 0 aliphatic carbocycles. The van der Waals surface area contributed by atoms with Gasteiger partial charge in [0, 0.05) is 16.6 Å². The van der Waals surface area contributed by atoms with E-state index < -0.39 is 11.3 Å². The number of fused-ring (bicyclic) bond motifs is 1. The number of hydrogen-bond acceptors (Lipinski definition) is 7. The average Bonchev–Trinajstić information content (AvgIpc) is 3.36. The number of halogens is 1. The molecule has 2 fully saturated rings. The third kappa shape index (κ3) is 4.59. The maximum absolute atomic E-state index is 10.4. The van der Waals surface area contributed by atoms with Crippen LogP contribution in [0.4, 0.5) is 11.6 Å². The number of anilines is 2. The number of aliphatic hydroxyl groups excluding tert-OH is 1. The third-order valence-electron chi connectivity index (χ3n) is 7.37. The molecule has 2 atom stereocenters. The predicted molar refractivity (Wildman–Crippen MR) is 139 cm³/mol. The first-order chi connectivity index (χ1) is 16.6. The Hall–Kier alpha value is -2.07. The number of benzene rings is 1. The van der Waals surface area contributed by atoms with Crippen LogP contribution in [-0.4, -0.2) is 91.2 Å². The molecule has 2 saturated heterocycles. The van der Waals surface area contributed by atoms with Gasteiger partial charge in [0.05, 0.1) is 71.5 Å². The van der Waals surface area contributed by atoms with Gasteiger partial charge in [-0.15, -0.1) is 0 Å². The molecular formula is C23H26B3ClN6O2. The number of nitrogens with one attached hydrogen (secondary N) is 1. The van der Waals surface area contributed by atoms with Gasteiger partial charge in [-0.1, -0.05) is 11.6 Å². The number of ether oxygens (including phenoxy) is 1. The van der Waals surface area contributed by atoms with E-state index in [0.29, 0.717) is 36.5 Å². The lowest BCUT2D eigenvalue weighted by molar-refractivity contribution is -0.00211. The van der Waals surface area contributed by atoms with Gasteiger partial charge in [-0.3, -0.25) is 9.58 Å². The molecule has 0 unspecified atom stereocenters. The number of likely N-dealkylation sites (tertiary alicyclic amines) is 1. The zero-order chi connectivity index (χ0) is 25.0. The van der Waals surface area contributed by atoms with E-state index in [9.17, 15) is 5.11 Å². The fourth-order valence-corrected chi connectivity index (χ4v) is 5.47. The molecule has 0 amide bonds. The molecule has 2 aromatic heterocycles. The number of nitrogens with zero attached hydrogens (tertiary/aromatic N) is 5. The highest BCUT2D eigenvalue weighted by atomic mass is 35.5. The largest absolute Gasteiger partial charge is 0.389 e. The van der Waals surface area contributed by atoms with E-state index in [1.54, 1.807) is 19.3 Å². The Bertz CT molecular complexity index is 1240. The summed E-state index contributed by atoms with van der Waals surface area (Å²) in [7, 11) is 17.3. The second-order valence-corrected chi connectivity index (χ2v) is 10.3. The fourth-order valence-electron chi connectivity index (χ4n) is 5.14. The normalized spacial score (nSPS) is 24.3. The summed E-state index contributed by atoms with van der Waals surface area (Å²) in [6, 6.07) is 3.98. The molecule has 5 rings (SSSR count). The van der Waals surface area contributed by atoms with Crippen molar-refractivity contribution in [2.75, 3.05) is 31.6 Å². The van der Waals surface area contributed by atoms with Crippen LogP contribution in [0.5, 0.6) is 0 Å². The predicted octanol–water partition coefficient (Wildman–Crippen LogP) is 1.93. The summed E-state index contributed by atoms with van der Waals surface area (Å²) in [4.78, 5) is 11.5. The average molecular weight is 486 g/mol. The Balaban J connectivity index is 1.35. The second kappa shape index (κ2) is 9.10. The topological polar surface area (TPSA) is 88.3 Å². The van der Waals surface area contributed by atoms with Crippen molar-refractivity contribution in [2.24, 2.45) is 0 Å². The molecule has 1 aromatic carbocycles. The van der Waals surface area contributed by atoms with Crippen molar-refractivity contribution in [1.82, 2.24) is 24.6 Å². The molecule has 35 heavy (non-hydrogen) atoms. The molecule has 0 saturated carbocycles. The maximum Gasteiger partial charge on any atom is 0.227 e. The Labute approximate surface area is 214 Å². The monoisotopic (exact) mass is 486 g/mol. The van der Waals surface area contributed by atoms with Crippen molar-refractivity contribution >= 4 is 57.7 Å². The third-order valence-corrected chi connectivity index (χ3v) is 7.69. The van der Waals surface area contributed by atoms with Gasteiger partial charge in [-0.25, -0.2) is 9.97 Å². The molecular weight excluding hydrogens is 460 g/mol. The summed E-state index contributed by atoms with van der Waals surface area (Å²) < 4.78 is 6.86. The Morgan fingerprint density at radius 2 is 1.97 bits per heavy atom. The Morgan fingerprint density at radius 3 is 2.60 bits per heavy atom. The van der Waals surface area contributed by atoms with Crippen LogP contribution in [0.15, 0.2) is 24.5 Å². The number of rotatable bonds is 5. The number of aliphatic hydroxyl groups is 1. The van der Waals surface area contributed by atoms with Gasteiger partial charge in [-0.05, 0) is 68.6 Å². The van der Waals surface area contributed by atoms with Gasteiger partial charge in [-0.2, -0.15) is 5.10 Å². The number of piperidine rings is 1. The molecule has 4 heterocycles. The summed E-state index contributed by atoms with van der Waals surface area (Å²) >= 11 is 6.70. The Morgan fingerprint density at radius 1 is 1.23 bits per heavy atom. The first kappa shape index (κ1) is 24.6. The highest BCUT2D eigenvalue weighted by Gasteiger charge is 2.45. The van der Waals surface area contributed by atoms with Crippen LogP contribution >= 0.6 is 11.6 Å². The second-order valence-electron chi connectivity index (χ2n) is 9.84. The van der Waals surface area contributed by atoms with E-state index in [4.69, 9.17) is 44.9 Å². The highest BCUT2D eigenvalue weighted by Crippen LogP contribution is 2.38. The summed E-state index contributed by atoms with van der Waals surface area (Å²) in [6.07, 6.45) is 4.75. The molecule has 0 spiro atoms. The van der Waals surface area contributed by atoms with Crippen molar-refractivity contribution in [3.63, 3.8) is 0 Å². The fraction of sp³-hybridized carbons (Fsp3) is 0.522. The zero-order valence-corrected chi connectivity index (χ0v) is 20.7. The summed E-state index contributed by atoms with van der Waals surface area (Å²) in [5, 5.41) is 17.7. The molecule has 2 N–H and O–H groups in total. The van der Waals surface area contributed by atoms with Gasteiger partial charge in [0.25, 0.3) is 0 Å². The standard InChI is InChI=1S/C23H26B3ClN6O2/c1-13-19(10-29-33(13)23(24,25)26)31-21-28-9-15-7-17(27)16(8-18(15)30-21)14-3-5-32(6-4-14)22(2)12-35-11-20(22)34/h7-10,14,20,34H,3-6,11-12H2,1-2H3,(H,28,30,31)/t20-,22+/m0/s1. The van der Waals surface area contributed by atoms with Crippen molar-refractivity contribution in [2.45, 2.75) is 49.5 Å². The maximum atomic E-state index is 10.4. The highest BCUT2D eigenvalue weighted by molar-refractivity contribution is 6.56. The van der Waals surface area contributed by atoms with Gasteiger partial charge < -0.3 is 15.2 Å². The van der Waals surface area contributed by atoms with E-state index in [2.05, 4.69) is 33.3 Å². The van der Waals surface area contributed by atoms with Crippen LogP contribution in [0.1, 0.15) is 36.9 Å². The minimum absolute atomic E-state index is 0.310. The smallest absolute Gasteiger partial charge is 0.227 e. The minimum atomic E-state index is -1.60.